The zero-order chi connectivity index (χ0) is 15.4. The van der Waals surface area contributed by atoms with Gasteiger partial charge in [0.15, 0.2) is 0 Å². The summed E-state index contributed by atoms with van der Waals surface area (Å²) < 4.78 is 2.03. The summed E-state index contributed by atoms with van der Waals surface area (Å²) in [6.45, 7) is 1.65. The van der Waals surface area contributed by atoms with Crippen LogP contribution in [-0.4, -0.2) is 15.5 Å². The first kappa shape index (κ1) is 15.2. The smallest absolute Gasteiger partial charge is 0.324 e. The first-order valence-corrected chi connectivity index (χ1v) is 7.17. The van der Waals surface area contributed by atoms with E-state index in [2.05, 4.69) is 26.2 Å². The predicted octanol–water partition coefficient (Wildman–Crippen LogP) is 1.50. The van der Waals surface area contributed by atoms with Gasteiger partial charge in [-0.05, 0) is 24.6 Å². The van der Waals surface area contributed by atoms with Gasteiger partial charge in [-0.1, -0.05) is 28.9 Å². The van der Waals surface area contributed by atoms with Crippen molar-refractivity contribution < 1.29 is 4.79 Å². The third-order valence-electron chi connectivity index (χ3n) is 2.89. The summed E-state index contributed by atoms with van der Waals surface area (Å²) in [5, 5.41) is 2.69. The maximum atomic E-state index is 12.0. The molecule has 1 amide bonds. The number of benzene rings is 1. The fraction of sp³-hybridized carbons (Fsp3) is 0.214. The Hall–Kier alpha value is -2.15. The number of anilines is 1. The monoisotopic (exact) mass is 351 g/mol. The number of hydrogen-bond donors (Lipinski definition) is 2. The molecule has 0 aliphatic heterocycles. The lowest BCUT2D eigenvalue weighted by Crippen LogP contribution is -2.34. The van der Waals surface area contributed by atoms with Crippen molar-refractivity contribution in [3.05, 3.63) is 61.3 Å². The number of aromatic amines is 1. The summed E-state index contributed by atoms with van der Waals surface area (Å²) in [5.74, 6) is -0.343. The number of H-pyrrole nitrogens is 1. The van der Waals surface area contributed by atoms with E-state index >= 15 is 0 Å². The molecule has 0 aliphatic rings. The minimum atomic E-state index is -0.596. The van der Waals surface area contributed by atoms with E-state index in [0.29, 0.717) is 17.7 Å². The number of aryl methyl sites for hydroxylation is 1. The van der Waals surface area contributed by atoms with E-state index < -0.39 is 11.2 Å². The minimum Gasteiger partial charge on any atom is -0.324 e. The summed E-state index contributed by atoms with van der Waals surface area (Å²) in [7, 11) is 0. The Morgan fingerprint density at radius 1 is 1.38 bits per heavy atom. The van der Waals surface area contributed by atoms with Gasteiger partial charge in [0.05, 0.1) is 0 Å². The molecule has 0 saturated carbocycles. The van der Waals surface area contributed by atoms with Crippen molar-refractivity contribution in [2.24, 2.45) is 0 Å². The number of carbonyl (C=O) groups is 1. The molecule has 6 nitrogen and oxygen atoms in total. The second kappa shape index (κ2) is 6.53. The summed E-state index contributed by atoms with van der Waals surface area (Å²) in [6.07, 6.45) is 1.91. The molecular weight excluding hydrogens is 338 g/mol. The van der Waals surface area contributed by atoms with Crippen LogP contribution in [0.15, 0.2) is 44.5 Å². The van der Waals surface area contributed by atoms with Gasteiger partial charge in [-0.25, -0.2) is 4.79 Å². The van der Waals surface area contributed by atoms with E-state index in [1.54, 1.807) is 25.1 Å². The number of hydrogen-bond acceptors (Lipinski definition) is 3. The molecule has 21 heavy (non-hydrogen) atoms. The zero-order valence-corrected chi connectivity index (χ0v) is 12.9. The Bertz CT molecular complexity index is 780. The van der Waals surface area contributed by atoms with Gasteiger partial charge in [0.25, 0.3) is 5.56 Å². The lowest BCUT2D eigenvalue weighted by atomic mass is 10.2. The van der Waals surface area contributed by atoms with Crippen LogP contribution in [0.3, 0.4) is 0 Å². The summed E-state index contributed by atoms with van der Waals surface area (Å²) in [6, 6.07) is 7.14. The van der Waals surface area contributed by atoms with Gasteiger partial charge in [0, 0.05) is 21.9 Å². The van der Waals surface area contributed by atoms with Gasteiger partial charge in [-0.15, -0.1) is 0 Å². The van der Waals surface area contributed by atoms with E-state index in [-0.39, 0.29) is 12.5 Å². The second-order valence-electron chi connectivity index (χ2n) is 4.45. The van der Waals surface area contributed by atoms with Gasteiger partial charge < -0.3 is 5.32 Å². The quantitative estimate of drug-likeness (QED) is 0.875. The van der Waals surface area contributed by atoms with Crippen molar-refractivity contribution in [3.63, 3.8) is 0 Å². The Morgan fingerprint density at radius 3 is 2.81 bits per heavy atom. The van der Waals surface area contributed by atoms with Crippen LogP contribution < -0.4 is 16.6 Å². The first-order chi connectivity index (χ1) is 9.99. The topological polar surface area (TPSA) is 84.0 Å². The van der Waals surface area contributed by atoms with Crippen molar-refractivity contribution in [1.82, 2.24) is 9.55 Å². The SMILES string of the molecule is CCc1cn(CC(=O)Nc2cccc(Br)c2)c(=O)[nH]c1=O. The molecule has 0 spiro atoms. The van der Waals surface area contributed by atoms with Crippen molar-refractivity contribution in [2.45, 2.75) is 19.9 Å². The highest BCUT2D eigenvalue weighted by Crippen LogP contribution is 2.15. The van der Waals surface area contributed by atoms with Gasteiger partial charge in [0.1, 0.15) is 6.54 Å². The molecule has 0 radical (unpaired) electrons. The number of aromatic nitrogens is 2. The number of amides is 1. The van der Waals surface area contributed by atoms with Crippen molar-refractivity contribution in [2.75, 3.05) is 5.32 Å². The molecule has 0 atom stereocenters. The molecule has 2 aromatic rings. The third kappa shape index (κ3) is 3.91. The number of carbonyl (C=O) groups excluding carboxylic acids is 1. The highest BCUT2D eigenvalue weighted by molar-refractivity contribution is 9.10. The molecule has 7 heteroatoms. The van der Waals surface area contributed by atoms with Gasteiger partial charge in [0.2, 0.25) is 5.91 Å². The number of nitrogens with one attached hydrogen (secondary N) is 2. The van der Waals surface area contributed by atoms with Crippen LogP contribution in [0.5, 0.6) is 0 Å². The Kier molecular flexibility index (Phi) is 4.74. The maximum Gasteiger partial charge on any atom is 0.328 e. The molecule has 1 heterocycles. The van der Waals surface area contributed by atoms with Crippen molar-refractivity contribution >= 4 is 27.5 Å². The van der Waals surface area contributed by atoms with E-state index in [1.807, 2.05) is 6.07 Å². The number of halogens is 1. The van der Waals surface area contributed by atoms with E-state index in [0.717, 1.165) is 4.47 Å². The van der Waals surface area contributed by atoms with E-state index in [1.165, 1.54) is 10.8 Å². The van der Waals surface area contributed by atoms with Crippen LogP contribution in [0.1, 0.15) is 12.5 Å². The Labute approximate surface area is 128 Å². The van der Waals surface area contributed by atoms with Crippen molar-refractivity contribution in [1.29, 1.82) is 0 Å². The first-order valence-electron chi connectivity index (χ1n) is 6.37. The fourth-order valence-corrected chi connectivity index (χ4v) is 2.24. The molecule has 0 unspecified atom stereocenters. The molecule has 2 rings (SSSR count). The molecule has 0 fully saturated rings. The lowest BCUT2D eigenvalue weighted by molar-refractivity contribution is -0.116. The molecule has 1 aromatic heterocycles. The van der Waals surface area contributed by atoms with Crippen LogP contribution >= 0.6 is 15.9 Å². The molecule has 0 bridgehead atoms. The van der Waals surface area contributed by atoms with Crippen LogP contribution in [0.2, 0.25) is 0 Å². The predicted molar refractivity (Wildman–Crippen MR) is 83.5 cm³/mol. The molecular formula is C14H14BrN3O3. The average molecular weight is 352 g/mol. The fourth-order valence-electron chi connectivity index (χ4n) is 1.85. The number of rotatable bonds is 4. The molecule has 110 valence electrons. The average Bonchev–Trinajstić information content (AvgIpc) is 2.41. The zero-order valence-electron chi connectivity index (χ0n) is 11.4. The standard InChI is InChI=1S/C14H14BrN3O3/c1-2-9-7-18(14(21)17-13(9)20)8-12(19)16-11-5-3-4-10(15)6-11/h3-7H,2,8H2,1H3,(H,16,19)(H,17,20,21). The molecule has 0 saturated heterocycles. The highest BCUT2D eigenvalue weighted by atomic mass is 79.9. The summed E-state index contributed by atoms with van der Waals surface area (Å²) in [4.78, 5) is 37.3. The molecule has 0 aliphatic carbocycles. The minimum absolute atomic E-state index is 0.158. The molecule has 2 N–H and O–H groups in total. The van der Waals surface area contributed by atoms with E-state index in [4.69, 9.17) is 0 Å². The summed E-state index contributed by atoms with van der Waals surface area (Å²) in [5.41, 5.74) is 0.0835. The van der Waals surface area contributed by atoms with Crippen LogP contribution in [0.4, 0.5) is 5.69 Å². The Balaban J connectivity index is 2.16. The van der Waals surface area contributed by atoms with E-state index in [9.17, 15) is 14.4 Å². The largest absolute Gasteiger partial charge is 0.328 e. The maximum absolute atomic E-state index is 12.0. The van der Waals surface area contributed by atoms with Gasteiger partial charge in [-0.3, -0.25) is 19.1 Å². The van der Waals surface area contributed by atoms with Crippen molar-refractivity contribution in [3.8, 4) is 0 Å². The lowest BCUT2D eigenvalue weighted by Gasteiger charge is -2.08. The van der Waals surface area contributed by atoms with Crippen LogP contribution in [0, 0.1) is 0 Å². The number of nitrogens with zero attached hydrogens (tertiary/aromatic N) is 1. The summed E-state index contributed by atoms with van der Waals surface area (Å²) >= 11 is 3.31. The highest BCUT2D eigenvalue weighted by Gasteiger charge is 2.08. The molecule has 1 aromatic carbocycles. The second-order valence-corrected chi connectivity index (χ2v) is 5.37. The normalized spacial score (nSPS) is 10.4. The van der Waals surface area contributed by atoms with Gasteiger partial charge >= 0.3 is 5.69 Å². The Morgan fingerprint density at radius 2 is 2.14 bits per heavy atom. The third-order valence-corrected chi connectivity index (χ3v) is 3.38. The van der Waals surface area contributed by atoms with Crippen LogP contribution in [-0.2, 0) is 17.8 Å². The van der Waals surface area contributed by atoms with Crippen LogP contribution in [0.25, 0.3) is 0 Å². The van der Waals surface area contributed by atoms with Gasteiger partial charge in [-0.2, -0.15) is 0 Å².